The zero-order valence-corrected chi connectivity index (χ0v) is 11.5. The molecule has 0 saturated heterocycles. The van der Waals surface area contributed by atoms with Crippen molar-refractivity contribution >= 4 is 0 Å². The van der Waals surface area contributed by atoms with Gasteiger partial charge in [0.2, 0.25) is 0 Å². The van der Waals surface area contributed by atoms with Gasteiger partial charge in [-0.2, -0.15) is 0 Å². The Kier molecular flexibility index (Phi) is 5.72. The number of hydrogen-bond acceptors (Lipinski definition) is 3. The van der Waals surface area contributed by atoms with Crippen LogP contribution in [0, 0.1) is 0 Å². The Labute approximate surface area is 105 Å². The molecule has 0 unspecified atom stereocenters. The molecule has 1 N–H and O–H groups in total. The van der Waals surface area contributed by atoms with E-state index in [0.717, 1.165) is 37.5 Å². The molecule has 98 valence electrons. The lowest BCUT2D eigenvalue weighted by Gasteiger charge is -2.22. The Morgan fingerprint density at radius 1 is 1.24 bits per heavy atom. The van der Waals surface area contributed by atoms with Gasteiger partial charge in [-0.3, -0.25) is 0 Å². The van der Waals surface area contributed by atoms with Gasteiger partial charge in [0.25, 0.3) is 0 Å². The van der Waals surface area contributed by atoms with Gasteiger partial charge in [-0.15, -0.1) is 0 Å². The molecule has 1 heterocycles. The van der Waals surface area contributed by atoms with Gasteiger partial charge in [-0.05, 0) is 45.4 Å². The minimum atomic E-state index is -0.0760. The minimum Gasteiger partial charge on any atom is -0.462 e. The molecule has 0 spiro atoms. The molecule has 1 aromatic heterocycles. The lowest BCUT2D eigenvalue weighted by molar-refractivity contribution is -0.0386. The van der Waals surface area contributed by atoms with Gasteiger partial charge in [0.15, 0.2) is 0 Å². The highest BCUT2D eigenvalue weighted by atomic mass is 16.5. The van der Waals surface area contributed by atoms with Crippen LogP contribution in [-0.4, -0.2) is 12.1 Å². The van der Waals surface area contributed by atoms with Crippen LogP contribution in [0.5, 0.6) is 0 Å². The molecule has 0 saturated carbocycles. The normalized spacial score (nSPS) is 12.0. The summed E-state index contributed by atoms with van der Waals surface area (Å²) in [5.41, 5.74) is -0.0760. The van der Waals surface area contributed by atoms with Crippen LogP contribution in [-0.2, 0) is 17.9 Å². The van der Waals surface area contributed by atoms with Crippen LogP contribution in [0.15, 0.2) is 16.5 Å². The van der Waals surface area contributed by atoms with E-state index < -0.39 is 0 Å². The molecule has 0 bridgehead atoms. The Hall–Kier alpha value is -0.800. The molecule has 0 aromatic carbocycles. The number of rotatable bonds is 8. The first-order valence-corrected chi connectivity index (χ1v) is 6.49. The molecule has 0 aliphatic heterocycles. The second kappa shape index (κ2) is 6.82. The van der Waals surface area contributed by atoms with Crippen LogP contribution in [0.3, 0.4) is 0 Å². The zero-order valence-electron chi connectivity index (χ0n) is 11.5. The van der Waals surface area contributed by atoms with E-state index in [1.807, 2.05) is 12.1 Å². The molecule has 17 heavy (non-hydrogen) atoms. The molecular formula is C14H25NO2. The fourth-order valence-electron chi connectivity index (χ4n) is 1.35. The standard InChI is InChI=1S/C14H25NO2/c1-5-9-15-10-12-7-8-13(17-12)11-16-14(3,4)6-2/h7-8,15H,5-6,9-11H2,1-4H3. The smallest absolute Gasteiger partial charge is 0.129 e. The molecular weight excluding hydrogens is 214 g/mol. The summed E-state index contributed by atoms with van der Waals surface area (Å²) in [7, 11) is 0. The molecule has 1 aromatic rings. The van der Waals surface area contributed by atoms with E-state index in [2.05, 4.69) is 33.0 Å². The van der Waals surface area contributed by atoms with Gasteiger partial charge in [-0.25, -0.2) is 0 Å². The van der Waals surface area contributed by atoms with Crippen molar-refractivity contribution < 1.29 is 9.15 Å². The predicted octanol–water partition coefficient (Wildman–Crippen LogP) is 3.48. The summed E-state index contributed by atoms with van der Waals surface area (Å²) in [5, 5.41) is 3.31. The molecule has 1 rings (SSSR count). The highest BCUT2D eigenvalue weighted by Crippen LogP contribution is 2.17. The summed E-state index contributed by atoms with van der Waals surface area (Å²) < 4.78 is 11.5. The quantitative estimate of drug-likeness (QED) is 0.705. The Bertz CT molecular complexity index is 318. The van der Waals surface area contributed by atoms with Crippen molar-refractivity contribution in [3.63, 3.8) is 0 Å². The number of hydrogen-bond donors (Lipinski definition) is 1. The third-order valence-electron chi connectivity index (χ3n) is 2.90. The van der Waals surface area contributed by atoms with E-state index in [4.69, 9.17) is 9.15 Å². The monoisotopic (exact) mass is 239 g/mol. The summed E-state index contributed by atoms with van der Waals surface area (Å²) in [4.78, 5) is 0. The highest BCUT2D eigenvalue weighted by Gasteiger charge is 2.16. The average molecular weight is 239 g/mol. The average Bonchev–Trinajstić information content (AvgIpc) is 2.75. The van der Waals surface area contributed by atoms with Crippen molar-refractivity contribution in [3.8, 4) is 0 Å². The maximum absolute atomic E-state index is 5.79. The van der Waals surface area contributed by atoms with E-state index in [1.165, 1.54) is 0 Å². The Morgan fingerprint density at radius 3 is 2.59 bits per heavy atom. The maximum atomic E-state index is 5.79. The second-order valence-electron chi connectivity index (χ2n) is 4.95. The molecule has 0 radical (unpaired) electrons. The van der Waals surface area contributed by atoms with Crippen LogP contribution in [0.4, 0.5) is 0 Å². The van der Waals surface area contributed by atoms with E-state index in [1.54, 1.807) is 0 Å². The summed E-state index contributed by atoms with van der Waals surface area (Å²) >= 11 is 0. The van der Waals surface area contributed by atoms with E-state index >= 15 is 0 Å². The van der Waals surface area contributed by atoms with Gasteiger partial charge in [0.1, 0.15) is 18.1 Å². The predicted molar refractivity (Wildman–Crippen MR) is 69.9 cm³/mol. The molecule has 3 nitrogen and oxygen atoms in total. The van der Waals surface area contributed by atoms with Crippen LogP contribution < -0.4 is 5.32 Å². The van der Waals surface area contributed by atoms with Crippen molar-refractivity contribution in [2.75, 3.05) is 6.54 Å². The van der Waals surface area contributed by atoms with E-state index in [-0.39, 0.29) is 5.60 Å². The number of ether oxygens (including phenoxy) is 1. The maximum Gasteiger partial charge on any atom is 0.129 e. The fourth-order valence-corrected chi connectivity index (χ4v) is 1.35. The van der Waals surface area contributed by atoms with E-state index in [9.17, 15) is 0 Å². The first-order valence-electron chi connectivity index (χ1n) is 6.49. The largest absolute Gasteiger partial charge is 0.462 e. The van der Waals surface area contributed by atoms with Gasteiger partial charge in [0.05, 0.1) is 12.1 Å². The van der Waals surface area contributed by atoms with Crippen molar-refractivity contribution in [3.05, 3.63) is 23.7 Å². The molecule has 3 heteroatoms. The number of nitrogens with one attached hydrogen (secondary N) is 1. The summed E-state index contributed by atoms with van der Waals surface area (Å²) in [6.07, 6.45) is 2.14. The van der Waals surface area contributed by atoms with Crippen molar-refractivity contribution in [2.24, 2.45) is 0 Å². The molecule has 0 amide bonds. The highest BCUT2D eigenvalue weighted by molar-refractivity contribution is 5.06. The minimum absolute atomic E-state index is 0.0760. The number of furan rings is 1. The molecule has 0 fully saturated rings. The van der Waals surface area contributed by atoms with Crippen LogP contribution in [0.2, 0.25) is 0 Å². The van der Waals surface area contributed by atoms with Gasteiger partial charge in [0, 0.05) is 0 Å². The van der Waals surface area contributed by atoms with Crippen LogP contribution in [0.1, 0.15) is 52.1 Å². The van der Waals surface area contributed by atoms with Crippen molar-refractivity contribution in [1.82, 2.24) is 5.32 Å². The lowest BCUT2D eigenvalue weighted by Crippen LogP contribution is -2.22. The first kappa shape index (κ1) is 14.3. The summed E-state index contributed by atoms with van der Waals surface area (Å²) in [6.45, 7) is 10.8. The third kappa shape index (κ3) is 5.37. The SMILES string of the molecule is CCCNCc1ccc(COC(C)(C)CC)o1. The van der Waals surface area contributed by atoms with Gasteiger partial charge < -0.3 is 14.5 Å². The van der Waals surface area contributed by atoms with Gasteiger partial charge in [-0.1, -0.05) is 13.8 Å². The molecule has 0 aliphatic rings. The van der Waals surface area contributed by atoms with Crippen LogP contribution >= 0.6 is 0 Å². The lowest BCUT2D eigenvalue weighted by atomic mass is 10.1. The topological polar surface area (TPSA) is 34.4 Å². The van der Waals surface area contributed by atoms with E-state index in [0.29, 0.717) is 6.61 Å². The second-order valence-corrected chi connectivity index (χ2v) is 4.95. The fraction of sp³-hybridized carbons (Fsp3) is 0.714. The third-order valence-corrected chi connectivity index (χ3v) is 2.90. The Morgan fingerprint density at radius 2 is 1.94 bits per heavy atom. The summed E-state index contributed by atoms with van der Waals surface area (Å²) in [6, 6.07) is 4.01. The Balaban J connectivity index is 2.35. The summed E-state index contributed by atoms with van der Waals surface area (Å²) in [5.74, 6) is 1.88. The first-order chi connectivity index (χ1) is 8.07. The molecule has 0 aliphatic carbocycles. The van der Waals surface area contributed by atoms with Crippen LogP contribution in [0.25, 0.3) is 0 Å². The zero-order chi connectivity index (χ0) is 12.7. The molecule has 0 atom stereocenters. The van der Waals surface area contributed by atoms with Crippen molar-refractivity contribution in [1.29, 1.82) is 0 Å². The van der Waals surface area contributed by atoms with Crippen molar-refractivity contribution in [2.45, 2.75) is 59.3 Å². The van der Waals surface area contributed by atoms with Gasteiger partial charge >= 0.3 is 0 Å².